The van der Waals surface area contributed by atoms with Gasteiger partial charge in [0.15, 0.2) is 0 Å². The molecule has 0 bridgehead atoms. The van der Waals surface area contributed by atoms with E-state index < -0.39 is 17.3 Å². The summed E-state index contributed by atoms with van der Waals surface area (Å²) in [6.45, 7) is 3.79. The molecule has 0 fully saturated rings. The Morgan fingerprint density at radius 3 is 2.36 bits per heavy atom. The minimum Gasteiger partial charge on any atom is -0.477 e. The normalized spacial score (nSPS) is 11.3. The van der Waals surface area contributed by atoms with E-state index >= 15 is 0 Å². The molecule has 0 aromatic carbocycles. The quantitative estimate of drug-likeness (QED) is 0.735. The van der Waals surface area contributed by atoms with Crippen LogP contribution < -0.4 is 0 Å². The fraction of sp³-hybridized carbons (Fsp3) is 0.158. The standard InChI is InChI=1S/C19H16FN3O2/c1-19(2,16-10-4-8-14(23-16)18(24)25)15-9-3-7-13(22-15)12-6-5-11-21-17(12)20/h3-11H,1-2H3,(H,24,25). The third kappa shape index (κ3) is 3.24. The van der Waals surface area contributed by atoms with Crippen LogP contribution in [-0.4, -0.2) is 26.0 Å². The van der Waals surface area contributed by atoms with E-state index in [0.717, 1.165) is 0 Å². The first-order valence-electron chi connectivity index (χ1n) is 7.69. The van der Waals surface area contributed by atoms with E-state index in [1.54, 1.807) is 36.4 Å². The molecule has 126 valence electrons. The van der Waals surface area contributed by atoms with Crippen LogP contribution in [0.15, 0.2) is 54.7 Å². The molecule has 25 heavy (non-hydrogen) atoms. The van der Waals surface area contributed by atoms with Crippen LogP contribution >= 0.6 is 0 Å². The van der Waals surface area contributed by atoms with Gasteiger partial charge in [-0.25, -0.2) is 14.8 Å². The molecule has 0 atom stereocenters. The van der Waals surface area contributed by atoms with Gasteiger partial charge in [0.1, 0.15) is 5.69 Å². The summed E-state index contributed by atoms with van der Waals surface area (Å²) < 4.78 is 13.9. The van der Waals surface area contributed by atoms with Gasteiger partial charge in [0.25, 0.3) is 0 Å². The first-order chi connectivity index (χ1) is 11.9. The van der Waals surface area contributed by atoms with E-state index in [4.69, 9.17) is 5.11 Å². The molecule has 0 aliphatic carbocycles. The minimum absolute atomic E-state index is 0.0277. The fourth-order valence-corrected chi connectivity index (χ4v) is 2.54. The van der Waals surface area contributed by atoms with Gasteiger partial charge in [-0.1, -0.05) is 12.1 Å². The maximum Gasteiger partial charge on any atom is 0.354 e. The third-order valence-electron chi connectivity index (χ3n) is 4.03. The first-order valence-corrected chi connectivity index (χ1v) is 7.69. The van der Waals surface area contributed by atoms with Crippen molar-refractivity contribution < 1.29 is 14.3 Å². The Labute approximate surface area is 144 Å². The third-order valence-corrected chi connectivity index (χ3v) is 4.03. The number of aromatic carboxylic acids is 1. The van der Waals surface area contributed by atoms with Gasteiger partial charge in [-0.05, 0) is 50.2 Å². The van der Waals surface area contributed by atoms with Gasteiger partial charge >= 0.3 is 5.97 Å². The van der Waals surface area contributed by atoms with E-state index in [2.05, 4.69) is 15.0 Å². The number of halogens is 1. The predicted octanol–water partition coefficient (Wildman–Crippen LogP) is 3.70. The van der Waals surface area contributed by atoms with Crippen molar-refractivity contribution in [3.63, 3.8) is 0 Å². The lowest BCUT2D eigenvalue weighted by Crippen LogP contribution is -2.23. The van der Waals surface area contributed by atoms with E-state index in [9.17, 15) is 9.18 Å². The van der Waals surface area contributed by atoms with Crippen LogP contribution in [0, 0.1) is 5.95 Å². The van der Waals surface area contributed by atoms with Gasteiger partial charge in [-0.3, -0.25) is 4.98 Å². The summed E-state index contributed by atoms with van der Waals surface area (Å²) in [5, 5.41) is 9.14. The van der Waals surface area contributed by atoms with Crippen LogP contribution in [0.5, 0.6) is 0 Å². The van der Waals surface area contributed by atoms with E-state index in [0.29, 0.717) is 22.6 Å². The van der Waals surface area contributed by atoms with Gasteiger partial charge in [-0.2, -0.15) is 4.39 Å². The van der Waals surface area contributed by atoms with Crippen molar-refractivity contribution in [1.82, 2.24) is 15.0 Å². The maximum absolute atomic E-state index is 13.9. The molecular weight excluding hydrogens is 321 g/mol. The van der Waals surface area contributed by atoms with Crippen LogP contribution in [0.3, 0.4) is 0 Å². The van der Waals surface area contributed by atoms with Crippen LogP contribution in [0.2, 0.25) is 0 Å². The Balaban J connectivity index is 2.07. The summed E-state index contributed by atoms with van der Waals surface area (Å²) in [4.78, 5) is 23.6. The van der Waals surface area contributed by atoms with Crippen molar-refractivity contribution in [2.45, 2.75) is 19.3 Å². The van der Waals surface area contributed by atoms with Gasteiger partial charge in [0, 0.05) is 11.6 Å². The number of hydrogen-bond acceptors (Lipinski definition) is 4. The molecule has 0 unspecified atom stereocenters. The highest BCUT2D eigenvalue weighted by atomic mass is 19.1. The molecule has 0 aliphatic heterocycles. The topological polar surface area (TPSA) is 76.0 Å². The Kier molecular flexibility index (Phi) is 4.27. The summed E-state index contributed by atoms with van der Waals surface area (Å²) in [6.07, 6.45) is 1.38. The van der Waals surface area contributed by atoms with Crippen LogP contribution in [0.1, 0.15) is 35.7 Å². The summed E-state index contributed by atoms with van der Waals surface area (Å²) in [6, 6.07) is 13.4. The molecule has 0 radical (unpaired) electrons. The lowest BCUT2D eigenvalue weighted by atomic mass is 9.84. The van der Waals surface area contributed by atoms with Crippen molar-refractivity contribution in [2.24, 2.45) is 0 Å². The van der Waals surface area contributed by atoms with E-state index in [1.807, 2.05) is 19.9 Å². The SMILES string of the molecule is CC(C)(c1cccc(C(=O)O)n1)c1cccc(-c2cccnc2F)n1. The average Bonchev–Trinajstić information content (AvgIpc) is 2.62. The lowest BCUT2D eigenvalue weighted by molar-refractivity contribution is 0.0690. The van der Waals surface area contributed by atoms with Crippen LogP contribution in [0.25, 0.3) is 11.3 Å². The summed E-state index contributed by atoms with van der Waals surface area (Å²) in [7, 11) is 0. The Hall–Kier alpha value is -3.15. The average molecular weight is 337 g/mol. The number of hydrogen-bond donors (Lipinski definition) is 1. The second-order valence-electron chi connectivity index (χ2n) is 6.09. The van der Waals surface area contributed by atoms with Crippen molar-refractivity contribution in [2.75, 3.05) is 0 Å². The number of rotatable bonds is 4. The summed E-state index contributed by atoms with van der Waals surface area (Å²) in [5.74, 6) is -1.67. The number of nitrogens with zero attached hydrogens (tertiary/aromatic N) is 3. The molecule has 0 saturated carbocycles. The molecule has 0 aliphatic rings. The molecule has 3 aromatic heterocycles. The number of pyridine rings is 3. The highest BCUT2D eigenvalue weighted by Gasteiger charge is 2.27. The molecule has 6 heteroatoms. The number of carbonyl (C=O) groups is 1. The molecule has 3 aromatic rings. The highest BCUT2D eigenvalue weighted by molar-refractivity contribution is 5.85. The smallest absolute Gasteiger partial charge is 0.354 e. The Morgan fingerprint density at radius 2 is 1.68 bits per heavy atom. The molecule has 0 amide bonds. The Bertz CT molecular complexity index is 941. The molecule has 3 heterocycles. The molecule has 5 nitrogen and oxygen atoms in total. The molecule has 1 N–H and O–H groups in total. The maximum atomic E-state index is 13.9. The second kappa shape index (κ2) is 6.39. The zero-order valence-corrected chi connectivity index (χ0v) is 13.8. The van der Waals surface area contributed by atoms with Crippen molar-refractivity contribution in [3.05, 3.63) is 77.8 Å². The summed E-state index contributed by atoms with van der Waals surface area (Å²) in [5.41, 5.74) is 1.32. The zero-order chi connectivity index (χ0) is 18.0. The van der Waals surface area contributed by atoms with Crippen LogP contribution in [-0.2, 0) is 5.41 Å². The van der Waals surface area contributed by atoms with E-state index in [-0.39, 0.29) is 5.69 Å². The molecular formula is C19H16FN3O2. The number of carboxylic acid groups (broad SMARTS) is 1. The largest absolute Gasteiger partial charge is 0.477 e. The Morgan fingerprint density at radius 1 is 1.00 bits per heavy atom. The van der Waals surface area contributed by atoms with E-state index in [1.165, 1.54) is 12.3 Å². The van der Waals surface area contributed by atoms with Crippen LogP contribution in [0.4, 0.5) is 4.39 Å². The van der Waals surface area contributed by atoms with Gasteiger partial charge in [0.05, 0.1) is 22.6 Å². The fourth-order valence-electron chi connectivity index (χ4n) is 2.54. The highest BCUT2D eigenvalue weighted by Crippen LogP contribution is 2.30. The molecule has 3 rings (SSSR count). The van der Waals surface area contributed by atoms with Crippen molar-refractivity contribution in [3.8, 4) is 11.3 Å². The van der Waals surface area contributed by atoms with Gasteiger partial charge < -0.3 is 5.11 Å². The zero-order valence-electron chi connectivity index (χ0n) is 13.8. The lowest BCUT2D eigenvalue weighted by Gasteiger charge is -2.24. The predicted molar refractivity (Wildman–Crippen MR) is 90.8 cm³/mol. The van der Waals surface area contributed by atoms with Crippen molar-refractivity contribution in [1.29, 1.82) is 0 Å². The summed E-state index contributed by atoms with van der Waals surface area (Å²) >= 11 is 0. The van der Waals surface area contributed by atoms with Crippen molar-refractivity contribution >= 4 is 5.97 Å². The first kappa shape index (κ1) is 16.7. The minimum atomic E-state index is -1.09. The van der Waals surface area contributed by atoms with Gasteiger partial charge in [0.2, 0.25) is 5.95 Å². The number of carboxylic acids is 1. The second-order valence-corrected chi connectivity index (χ2v) is 6.09. The van der Waals surface area contributed by atoms with Gasteiger partial charge in [-0.15, -0.1) is 0 Å². The molecule has 0 saturated heterocycles. The number of aromatic nitrogens is 3. The monoisotopic (exact) mass is 337 g/mol. The molecule has 0 spiro atoms.